The standard InChI is InChI=1S/C13H14N6/c1-19(7-9-5-3-2-4-6-9)12-10-11(16-8-15-10)17-13(14)18-12/h2-6,8H,7H2,1H3,(H3,14,15,16,17,18). The molecule has 2 heterocycles. The molecule has 3 aromatic rings. The van der Waals surface area contributed by atoms with Crippen LogP contribution < -0.4 is 10.6 Å². The van der Waals surface area contributed by atoms with E-state index < -0.39 is 0 Å². The van der Waals surface area contributed by atoms with Crippen molar-refractivity contribution in [2.75, 3.05) is 17.7 Å². The van der Waals surface area contributed by atoms with Crippen LogP contribution >= 0.6 is 0 Å². The number of anilines is 2. The first kappa shape index (κ1) is 11.5. The third kappa shape index (κ3) is 2.20. The van der Waals surface area contributed by atoms with Gasteiger partial charge < -0.3 is 15.6 Å². The molecule has 0 fully saturated rings. The molecule has 0 saturated carbocycles. The van der Waals surface area contributed by atoms with E-state index in [0.29, 0.717) is 5.65 Å². The van der Waals surface area contributed by atoms with Gasteiger partial charge in [-0.15, -0.1) is 0 Å². The molecule has 3 N–H and O–H groups in total. The Morgan fingerprint density at radius 1 is 1.21 bits per heavy atom. The molecule has 0 aliphatic heterocycles. The zero-order chi connectivity index (χ0) is 13.2. The number of nitrogen functional groups attached to an aromatic ring is 1. The zero-order valence-electron chi connectivity index (χ0n) is 10.5. The molecule has 0 aliphatic carbocycles. The van der Waals surface area contributed by atoms with E-state index in [1.165, 1.54) is 5.56 Å². The fourth-order valence-electron chi connectivity index (χ4n) is 2.04. The van der Waals surface area contributed by atoms with Gasteiger partial charge in [-0.2, -0.15) is 9.97 Å². The molecule has 0 spiro atoms. The summed E-state index contributed by atoms with van der Waals surface area (Å²) in [6.45, 7) is 0.741. The van der Waals surface area contributed by atoms with E-state index in [1.807, 2.05) is 30.1 Å². The Labute approximate surface area is 110 Å². The number of nitrogens with one attached hydrogen (secondary N) is 1. The van der Waals surface area contributed by atoms with E-state index in [2.05, 4.69) is 32.1 Å². The molecule has 19 heavy (non-hydrogen) atoms. The second-order valence-electron chi connectivity index (χ2n) is 4.35. The maximum atomic E-state index is 5.71. The van der Waals surface area contributed by atoms with Crippen LogP contribution in [0.3, 0.4) is 0 Å². The summed E-state index contributed by atoms with van der Waals surface area (Å²) in [5, 5.41) is 0. The van der Waals surface area contributed by atoms with Gasteiger partial charge in [0.2, 0.25) is 5.95 Å². The molecule has 0 unspecified atom stereocenters. The Morgan fingerprint density at radius 3 is 2.79 bits per heavy atom. The number of aromatic nitrogens is 4. The first-order valence-electron chi connectivity index (χ1n) is 5.95. The average Bonchev–Trinajstić information content (AvgIpc) is 2.86. The topological polar surface area (TPSA) is 83.7 Å². The molecule has 96 valence electrons. The van der Waals surface area contributed by atoms with Crippen molar-refractivity contribution in [2.45, 2.75) is 6.54 Å². The molecule has 0 radical (unpaired) electrons. The lowest BCUT2D eigenvalue weighted by atomic mass is 10.2. The third-order valence-electron chi connectivity index (χ3n) is 2.91. The number of fused-ring (bicyclic) bond motifs is 1. The number of H-pyrrole nitrogens is 1. The molecule has 1 aromatic carbocycles. The summed E-state index contributed by atoms with van der Waals surface area (Å²) in [7, 11) is 1.97. The van der Waals surface area contributed by atoms with Crippen LogP contribution in [0.15, 0.2) is 36.7 Å². The maximum absolute atomic E-state index is 5.71. The third-order valence-corrected chi connectivity index (χ3v) is 2.91. The summed E-state index contributed by atoms with van der Waals surface area (Å²) in [5.41, 5.74) is 8.30. The van der Waals surface area contributed by atoms with Crippen molar-refractivity contribution in [3.8, 4) is 0 Å². The number of hydrogen-bond acceptors (Lipinski definition) is 5. The van der Waals surface area contributed by atoms with Gasteiger partial charge in [-0.1, -0.05) is 30.3 Å². The number of hydrogen-bond donors (Lipinski definition) is 2. The molecular weight excluding hydrogens is 240 g/mol. The molecule has 3 rings (SSSR count). The molecule has 2 aromatic heterocycles. The van der Waals surface area contributed by atoms with Gasteiger partial charge in [0.1, 0.15) is 5.52 Å². The average molecular weight is 254 g/mol. The molecule has 0 atom stereocenters. The minimum atomic E-state index is 0.231. The Morgan fingerprint density at radius 2 is 2.00 bits per heavy atom. The van der Waals surface area contributed by atoms with Gasteiger partial charge in [-0.3, -0.25) is 0 Å². The minimum absolute atomic E-state index is 0.231. The van der Waals surface area contributed by atoms with Crippen molar-refractivity contribution in [1.82, 2.24) is 19.9 Å². The molecule has 0 saturated heterocycles. The van der Waals surface area contributed by atoms with Crippen LogP contribution in [0.25, 0.3) is 11.2 Å². The van der Waals surface area contributed by atoms with Gasteiger partial charge in [0.15, 0.2) is 11.5 Å². The molecule has 0 aliphatic rings. The number of aromatic amines is 1. The van der Waals surface area contributed by atoms with Gasteiger partial charge in [0.05, 0.1) is 6.33 Å². The summed E-state index contributed by atoms with van der Waals surface area (Å²) in [6, 6.07) is 10.2. The predicted molar refractivity (Wildman–Crippen MR) is 74.6 cm³/mol. The number of imidazole rings is 1. The lowest BCUT2D eigenvalue weighted by molar-refractivity contribution is 0.900. The van der Waals surface area contributed by atoms with Gasteiger partial charge in [-0.25, -0.2) is 4.98 Å². The van der Waals surface area contributed by atoms with Crippen LogP contribution in [-0.2, 0) is 6.54 Å². The Bertz CT molecular complexity index is 691. The number of nitrogens with zero attached hydrogens (tertiary/aromatic N) is 4. The van der Waals surface area contributed by atoms with E-state index in [0.717, 1.165) is 17.9 Å². The highest BCUT2D eigenvalue weighted by molar-refractivity contribution is 5.83. The minimum Gasteiger partial charge on any atom is -0.368 e. The number of nitrogens with two attached hydrogens (primary N) is 1. The monoisotopic (exact) mass is 254 g/mol. The predicted octanol–water partition coefficient (Wildman–Crippen LogP) is 1.57. The van der Waals surface area contributed by atoms with Crippen LogP contribution in [-0.4, -0.2) is 27.0 Å². The molecule has 6 heteroatoms. The van der Waals surface area contributed by atoms with Crippen molar-refractivity contribution in [3.05, 3.63) is 42.2 Å². The summed E-state index contributed by atoms with van der Waals surface area (Å²) in [5.74, 6) is 0.985. The van der Waals surface area contributed by atoms with Crippen LogP contribution in [0.5, 0.6) is 0 Å². The lowest BCUT2D eigenvalue weighted by Crippen LogP contribution is -2.19. The van der Waals surface area contributed by atoms with Crippen molar-refractivity contribution in [2.24, 2.45) is 0 Å². The smallest absolute Gasteiger partial charge is 0.224 e. The van der Waals surface area contributed by atoms with E-state index in [4.69, 9.17) is 5.73 Å². The highest BCUT2D eigenvalue weighted by Gasteiger charge is 2.12. The first-order valence-corrected chi connectivity index (χ1v) is 5.95. The molecule has 0 amide bonds. The van der Waals surface area contributed by atoms with Crippen LogP contribution in [0, 0.1) is 0 Å². The lowest BCUT2D eigenvalue weighted by Gasteiger charge is -2.18. The Kier molecular flexibility index (Phi) is 2.75. The largest absolute Gasteiger partial charge is 0.368 e. The van der Waals surface area contributed by atoms with E-state index >= 15 is 0 Å². The van der Waals surface area contributed by atoms with E-state index in [1.54, 1.807) is 6.33 Å². The van der Waals surface area contributed by atoms with Gasteiger partial charge >= 0.3 is 0 Å². The van der Waals surface area contributed by atoms with Crippen molar-refractivity contribution in [1.29, 1.82) is 0 Å². The van der Waals surface area contributed by atoms with Crippen molar-refractivity contribution in [3.63, 3.8) is 0 Å². The van der Waals surface area contributed by atoms with Crippen LogP contribution in [0.4, 0.5) is 11.8 Å². The van der Waals surface area contributed by atoms with Crippen LogP contribution in [0.1, 0.15) is 5.56 Å². The summed E-state index contributed by atoms with van der Waals surface area (Å²) in [4.78, 5) is 17.6. The van der Waals surface area contributed by atoms with Crippen molar-refractivity contribution >= 4 is 22.9 Å². The SMILES string of the molecule is CN(Cc1ccccc1)c1nc(N)nc2nc[nH]c12. The summed E-state index contributed by atoms with van der Waals surface area (Å²) >= 11 is 0. The van der Waals surface area contributed by atoms with E-state index in [-0.39, 0.29) is 5.95 Å². The molecule has 6 nitrogen and oxygen atoms in total. The van der Waals surface area contributed by atoms with Gasteiger partial charge in [-0.05, 0) is 5.56 Å². The first-order chi connectivity index (χ1) is 9.24. The number of rotatable bonds is 3. The second kappa shape index (κ2) is 4.56. The highest BCUT2D eigenvalue weighted by Crippen LogP contribution is 2.21. The summed E-state index contributed by atoms with van der Waals surface area (Å²) in [6.07, 6.45) is 1.60. The van der Waals surface area contributed by atoms with Gasteiger partial charge in [0.25, 0.3) is 0 Å². The van der Waals surface area contributed by atoms with E-state index in [9.17, 15) is 0 Å². The second-order valence-corrected chi connectivity index (χ2v) is 4.35. The number of benzene rings is 1. The quantitative estimate of drug-likeness (QED) is 0.741. The summed E-state index contributed by atoms with van der Waals surface area (Å²) < 4.78 is 0. The van der Waals surface area contributed by atoms with Crippen LogP contribution in [0.2, 0.25) is 0 Å². The van der Waals surface area contributed by atoms with Crippen molar-refractivity contribution < 1.29 is 0 Å². The Hall–Kier alpha value is -2.63. The highest BCUT2D eigenvalue weighted by atomic mass is 15.2. The Balaban J connectivity index is 1.97. The molecule has 0 bridgehead atoms. The fourth-order valence-corrected chi connectivity index (χ4v) is 2.04. The van der Waals surface area contributed by atoms with Gasteiger partial charge in [0, 0.05) is 13.6 Å². The zero-order valence-corrected chi connectivity index (χ0v) is 10.5. The molecular formula is C13H14N6. The fraction of sp³-hybridized carbons (Fsp3) is 0.154. The normalized spacial score (nSPS) is 10.8. The maximum Gasteiger partial charge on any atom is 0.224 e.